The third-order valence-electron chi connectivity index (χ3n) is 4.83. The Bertz CT molecular complexity index is 1180. The zero-order valence-electron chi connectivity index (χ0n) is 16.2. The molecule has 0 amide bonds. The predicted molar refractivity (Wildman–Crippen MR) is 110 cm³/mol. The molecule has 146 valence electrons. The van der Waals surface area contributed by atoms with Crippen LogP contribution in [0.1, 0.15) is 16.1 Å². The number of benzene rings is 1. The summed E-state index contributed by atoms with van der Waals surface area (Å²) >= 11 is 0. The van der Waals surface area contributed by atoms with Gasteiger partial charge in [-0.2, -0.15) is 5.10 Å². The Labute approximate surface area is 167 Å². The molecule has 0 atom stereocenters. The smallest absolute Gasteiger partial charge is 0.337 e. The summed E-state index contributed by atoms with van der Waals surface area (Å²) in [6, 6.07) is 9.71. The van der Waals surface area contributed by atoms with E-state index in [1.54, 1.807) is 30.3 Å². The monoisotopic (exact) mass is 388 g/mol. The number of methoxy groups -OCH3 is 1. The number of carbonyl (C=O) groups is 1. The van der Waals surface area contributed by atoms with Crippen molar-refractivity contribution in [1.82, 2.24) is 19.7 Å². The molecule has 7 heteroatoms. The fourth-order valence-corrected chi connectivity index (χ4v) is 3.35. The number of ether oxygens (including phenoxy) is 1. The van der Waals surface area contributed by atoms with E-state index in [2.05, 4.69) is 15.1 Å². The van der Waals surface area contributed by atoms with Gasteiger partial charge in [0.15, 0.2) is 0 Å². The quantitative estimate of drug-likeness (QED) is 0.543. The highest BCUT2D eigenvalue weighted by molar-refractivity contribution is 5.99. The highest BCUT2D eigenvalue weighted by Gasteiger charge is 2.16. The lowest BCUT2D eigenvalue weighted by Gasteiger charge is -2.11. The second-order valence-electron chi connectivity index (χ2n) is 6.76. The third-order valence-corrected chi connectivity index (χ3v) is 4.83. The van der Waals surface area contributed by atoms with Crippen molar-refractivity contribution < 1.29 is 14.6 Å². The molecule has 0 aliphatic heterocycles. The maximum Gasteiger partial charge on any atom is 0.337 e. The first-order valence-electron chi connectivity index (χ1n) is 9.16. The van der Waals surface area contributed by atoms with Gasteiger partial charge in [-0.3, -0.25) is 14.6 Å². The van der Waals surface area contributed by atoms with Crippen molar-refractivity contribution in [3.05, 3.63) is 66.4 Å². The summed E-state index contributed by atoms with van der Waals surface area (Å²) in [7, 11) is 3.46. The van der Waals surface area contributed by atoms with E-state index in [9.17, 15) is 9.90 Å². The van der Waals surface area contributed by atoms with Crippen LogP contribution >= 0.6 is 0 Å². The lowest BCUT2D eigenvalue weighted by Crippen LogP contribution is -2.08. The Morgan fingerprint density at radius 1 is 1.10 bits per heavy atom. The van der Waals surface area contributed by atoms with E-state index in [1.165, 1.54) is 0 Å². The average molecular weight is 388 g/mol. The lowest BCUT2D eigenvalue weighted by molar-refractivity contribution is 0.0695. The molecular weight excluding hydrogens is 368 g/mol. The number of fused-ring (bicyclic) bond motifs is 1. The number of hydrogen-bond acceptors (Lipinski definition) is 5. The highest BCUT2D eigenvalue weighted by atomic mass is 16.5. The van der Waals surface area contributed by atoms with Crippen molar-refractivity contribution in [3.8, 4) is 22.3 Å². The molecule has 0 aliphatic rings. The van der Waals surface area contributed by atoms with Gasteiger partial charge in [0.1, 0.15) is 0 Å². The SMILES string of the molecule is COCCc1nc2cncc(-c3ccc(-c4cnn(C)c4)cc3)c2cc1C(=O)O. The van der Waals surface area contributed by atoms with Crippen molar-refractivity contribution in [2.24, 2.45) is 7.05 Å². The molecule has 0 spiro atoms. The molecule has 0 saturated heterocycles. The van der Waals surface area contributed by atoms with Crippen LogP contribution in [-0.4, -0.2) is 44.5 Å². The Kier molecular flexibility index (Phi) is 5.05. The zero-order chi connectivity index (χ0) is 20.4. The van der Waals surface area contributed by atoms with Crippen LogP contribution in [0.3, 0.4) is 0 Å². The normalized spacial score (nSPS) is 11.1. The van der Waals surface area contributed by atoms with Gasteiger partial charge in [-0.15, -0.1) is 0 Å². The summed E-state index contributed by atoms with van der Waals surface area (Å²) in [6.45, 7) is 0.404. The van der Waals surface area contributed by atoms with Crippen LogP contribution in [0, 0.1) is 0 Å². The number of aryl methyl sites for hydroxylation is 1. The molecule has 1 N–H and O–H groups in total. The molecular formula is C22H20N4O3. The van der Waals surface area contributed by atoms with Gasteiger partial charge in [0.25, 0.3) is 0 Å². The first-order chi connectivity index (χ1) is 14.1. The van der Waals surface area contributed by atoms with Crippen LogP contribution in [0.5, 0.6) is 0 Å². The van der Waals surface area contributed by atoms with Crippen molar-refractivity contribution in [2.75, 3.05) is 13.7 Å². The first-order valence-corrected chi connectivity index (χ1v) is 9.16. The Morgan fingerprint density at radius 2 is 1.86 bits per heavy atom. The molecule has 1 aromatic carbocycles. The molecule has 29 heavy (non-hydrogen) atoms. The Balaban J connectivity index is 1.79. The molecule has 3 aromatic heterocycles. The molecule has 4 aromatic rings. The van der Waals surface area contributed by atoms with Gasteiger partial charge < -0.3 is 9.84 Å². The van der Waals surface area contributed by atoms with Crippen molar-refractivity contribution in [3.63, 3.8) is 0 Å². The van der Waals surface area contributed by atoms with Crippen molar-refractivity contribution >= 4 is 16.9 Å². The summed E-state index contributed by atoms with van der Waals surface area (Å²) in [6.07, 6.45) is 7.60. The number of nitrogens with zero attached hydrogens (tertiary/aromatic N) is 4. The molecule has 0 fully saturated rings. The largest absolute Gasteiger partial charge is 0.478 e. The van der Waals surface area contributed by atoms with Crippen molar-refractivity contribution in [1.29, 1.82) is 0 Å². The van der Waals surface area contributed by atoms with Crippen molar-refractivity contribution in [2.45, 2.75) is 6.42 Å². The molecule has 3 heterocycles. The highest BCUT2D eigenvalue weighted by Crippen LogP contribution is 2.30. The van der Waals surface area contributed by atoms with Gasteiger partial charge in [-0.1, -0.05) is 24.3 Å². The van der Waals surface area contributed by atoms with Crippen LogP contribution in [0.15, 0.2) is 55.1 Å². The molecule has 0 radical (unpaired) electrons. The molecule has 0 aliphatic carbocycles. The standard InChI is InChI=1S/C22H20N4O3/c1-26-13-16(10-24-26)14-3-5-15(6-4-14)19-11-23-12-21-17(19)9-18(22(27)28)20(25-21)7-8-29-2/h3-6,9-13H,7-8H2,1-2H3,(H,27,28). The van der Waals surface area contributed by atoms with Gasteiger partial charge in [0.05, 0.1) is 35.8 Å². The molecule has 4 rings (SSSR count). The van der Waals surface area contributed by atoms with E-state index in [0.717, 1.165) is 27.6 Å². The lowest BCUT2D eigenvalue weighted by atomic mass is 9.98. The van der Waals surface area contributed by atoms with Gasteiger partial charge >= 0.3 is 5.97 Å². The topological polar surface area (TPSA) is 90.1 Å². The second-order valence-corrected chi connectivity index (χ2v) is 6.76. The fraction of sp³-hybridized carbons (Fsp3) is 0.182. The average Bonchev–Trinajstić information content (AvgIpc) is 3.17. The van der Waals surface area contributed by atoms with E-state index in [-0.39, 0.29) is 5.56 Å². The maximum absolute atomic E-state index is 11.8. The summed E-state index contributed by atoms with van der Waals surface area (Å²) in [5.74, 6) is -1.000. The summed E-state index contributed by atoms with van der Waals surface area (Å²) in [4.78, 5) is 20.6. The first kappa shape index (κ1) is 18.8. The van der Waals surface area contributed by atoms with Gasteiger partial charge in [0, 0.05) is 49.5 Å². The van der Waals surface area contributed by atoms with Gasteiger partial charge in [-0.05, 0) is 17.2 Å². The number of pyridine rings is 2. The van der Waals surface area contributed by atoms with E-state index >= 15 is 0 Å². The Morgan fingerprint density at radius 3 is 2.52 bits per heavy atom. The van der Waals surface area contributed by atoms with Crippen LogP contribution in [0.4, 0.5) is 0 Å². The summed E-state index contributed by atoms with van der Waals surface area (Å²) in [5, 5.41) is 14.6. The zero-order valence-corrected chi connectivity index (χ0v) is 16.2. The fourth-order valence-electron chi connectivity index (χ4n) is 3.35. The minimum absolute atomic E-state index is 0.189. The summed E-state index contributed by atoms with van der Waals surface area (Å²) in [5.41, 5.74) is 5.22. The Hall–Kier alpha value is -3.58. The van der Waals surface area contributed by atoms with Crippen LogP contribution in [0.25, 0.3) is 33.2 Å². The predicted octanol–water partition coefficient (Wildman–Crippen LogP) is 3.58. The number of aromatic nitrogens is 4. The third kappa shape index (κ3) is 3.72. The number of carboxylic acids is 1. The van der Waals surface area contributed by atoms with Gasteiger partial charge in [0.2, 0.25) is 0 Å². The second kappa shape index (κ2) is 7.81. The van der Waals surface area contributed by atoms with E-state index in [4.69, 9.17) is 4.74 Å². The molecule has 0 bridgehead atoms. The van der Waals surface area contributed by atoms with Crippen LogP contribution in [0.2, 0.25) is 0 Å². The molecule has 0 saturated carbocycles. The molecule has 7 nitrogen and oxygen atoms in total. The number of aromatic carboxylic acids is 1. The number of carboxylic acid groups (broad SMARTS) is 1. The minimum Gasteiger partial charge on any atom is -0.478 e. The van der Waals surface area contributed by atoms with Crippen LogP contribution in [-0.2, 0) is 18.2 Å². The van der Waals surface area contributed by atoms with Crippen LogP contribution < -0.4 is 0 Å². The van der Waals surface area contributed by atoms with E-state index < -0.39 is 5.97 Å². The van der Waals surface area contributed by atoms with E-state index in [0.29, 0.717) is 24.2 Å². The number of hydrogen-bond donors (Lipinski definition) is 1. The number of rotatable bonds is 6. The van der Waals surface area contributed by atoms with Gasteiger partial charge in [-0.25, -0.2) is 4.79 Å². The molecule has 0 unspecified atom stereocenters. The van der Waals surface area contributed by atoms with E-state index in [1.807, 2.05) is 43.7 Å². The minimum atomic E-state index is -1.000. The summed E-state index contributed by atoms with van der Waals surface area (Å²) < 4.78 is 6.84. The maximum atomic E-state index is 11.8.